The lowest BCUT2D eigenvalue weighted by atomic mass is 9.96. The molecular formula is C30H33N3O2. The minimum atomic E-state index is -0.374. The van der Waals surface area contributed by atoms with Crippen LogP contribution >= 0.6 is 0 Å². The van der Waals surface area contributed by atoms with Crippen molar-refractivity contribution in [2.24, 2.45) is 0 Å². The molecule has 2 aliphatic heterocycles. The SMILES string of the molecule is CC(C)c1ccc(N2C(=O)C[C@@H](N3CCN(C(c4ccccc4)c4ccccc4)CC3)C2=O)cc1. The van der Waals surface area contributed by atoms with Crippen LogP contribution in [-0.4, -0.2) is 53.8 Å². The molecular weight excluding hydrogens is 434 g/mol. The van der Waals surface area contributed by atoms with Gasteiger partial charge in [-0.3, -0.25) is 19.4 Å². The number of hydrogen-bond acceptors (Lipinski definition) is 4. The molecule has 2 amide bonds. The fourth-order valence-electron chi connectivity index (χ4n) is 5.37. The van der Waals surface area contributed by atoms with Crippen molar-refractivity contribution in [3.8, 4) is 0 Å². The second kappa shape index (κ2) is 10.1. The van der Waals surface area contributed by atoms with E-state index in [0.29, 0.717) is 11.6 Å². The van der Waals surface area contributed by atoms with Gasteiger partial charge in [-0.15, -0.1) is 0 Å². The molecule has 0 N–H and O–H groups in total. The predicted molar refractivity (Wildman–Crippen MR) is 139 cm³/mol. The molecule has 180 valence electrons. The van der Waals surface area contributed by atoms with E-state index in [1.807, 2.05) is 36.4 Å². The predicted octanol–water partition coefficient (Wildman–Crippen LogP) is 4.85. The van der Waals surface area contributed by atoms with Crippen molar-refractivity contribution in [3.05, 3.63) is 102 Å². The standard InChI is InChI=1S/C30H33N3O2/c1-22(2)23-13-15-26(16-14-23)33-28(34)21-27(30(33)35)31-17-19-32(20-18-31)29(24-9-5-3-6-10-24)25-11-7-4-8-12-25/h3-16,22,27,29H,17-21H2,1-2H3/t27-/m1/s1. The summed E-state index contributed by atoms with van der Waals surface area (Å²) in [4.78, 5) is 32.3. The Kier molecular flexibility index (Phi) is 6.80. The van der Waals surface area contributed by atoms with Gasteiger partial charge in [0.1, 0.15) is 0 Å². The van der Waals surface area contributed by atoms with Crippen LogP contribution in [0.2, 0.25) is 0 Å². The van der Waals surface area contributed by atoms with E-state index in [0.717, 1.165) is 26.2 Å². The van der Waals surface area contributed by atoms with Gasteiger partial charge in [-0.1, -0.05) is 86.6 Å². The summed E-state index contributed by atoms with van der Waals surface area (Å²) in [6.45, 7) is 7.49. The first-order valence-electron chi connectivity index (χ1n) is 12.6. The number of carbonyl (C=O) groups is 2. The van der Waals surface area contributed by atoms with E-state index >= 15 is 0 Å². The lowest BCUT2D eigenvalue weighted by molar-refractivity contribution is -0.123. The van der Waals surface area contributed by atoms with Gasteiger partial charge < -0.3 is 0 Å². The fraction of sp³-hybridized carbons (Fsp3) is 0.333. The second-order valence-electron chi connectivity index (χ2n) is 9.83. The summed E-state index contributed by atoms with van der Waals surface area (Å²) in [5, 5.41) is 0. The Morgan fingerprint density at radius 2 is 1.23 bits per heavy atom. The van der Waals surface area contributed by atoms with Crippen molar-refractivity contribution in [2.45, 2.75) is 38.3 Å². The smallest absolute Gasteiger partial charge is 0.251 e. The van der Waals surface area contributed by atoms with Crippen LogP contribution in [0.5, 0.6) is 0 Å². The summed E-state index contributed by atoms with van der Waals surface area (Å²) in [7, 11) is 0. The van der Waals surface area contributed by atoms with Gasteiger partial charge in [-0.05, 0) is 34.7 Å². The van der Waals surface area contributed by atoms with E-state index in [-0.39, 0.29) is 30.3 Å². The highest BCUT2D eigenvalue weighted by Crippen LogP contribution is 2.32. The van der Waals surface area contributed by atoms with Crippen LogP contribution in [0.25, 0.3) is 0 Å². The Labute approximate surface area is 208 Å². The van der Waals surface area contributed by atoms with Crippen LogP contribution in [0, 0.1) is 0 Å². The molecule has 5 heteroatoms. The third kappa shape index (κ3) is 4.79. The first-order chi connectivity index (χ1) is 17.0. The van der Waals surface area contributed by atoms with E-state index in [4.69, 9.17) is 0 Å². The first-order valence-corrected chi connectivity index (χ1v) is 12.6. The third-order valence-corrected chi connectivity index (χ3v) is 7.33. The summed E-state index contributed by atoms with van der Waals surface area (Å²) < 4.78 is 0. The number of rotatable bonds is 6. The van der Waals surface area contributed by atoms with Gasteiger partial charge in [0, 0.05) is 26.2 Å². The summed E-state index contributed by atoms with van der Waals surface area (Å²) in [6, 6.07) is 28.8. The van der Waals surface area contributed by atoms with Gasteiger partial charge in [0.25, 0.3) is 5.91 Å². The largest absolute Gasteiger partial charge is 0.290 e. The van der Waals surface area contributed by atoms with Gasteiger partial charge >= 0.3 is 0 Å². The zero-order valence-electron chi connectivity index (χ0n) is 20.5. The Morgan fingerprint density at radius 3 is 1.74 bits per heavy atom. The normalized spacial score (nSPS) is 19.8. The Balaban J connectivity index is 1.29. The minimum Gasteiger partial charge on any atom is -0.290 e. The highest BCUT2D eigenvalue weighted by molar-refractivity contribution is 6.22. The summed E-state index contributed by atoms with van der Waals surface area (Å²) in [6.07, 6.45) is 0.256. The third-order valence-electron chi connectivity index (χ3n) is 7.33. The molecule has 1 atom stereocenters. The quantitative estimate of drug-likeness (QED) is 0.486. The number of hydrogen-bond donors (Lipinski definition) is 0. The Bertz CT molecular complexity index is 1110. The molecule has 5 nitrogen and oxygen atoms in total. The maximum Gasteiger partial charge on any atom is 0.251 e. The van der Waals surface area contributed by atoms with Crippen LogP contribution < -0.4 is 4.90 Å². The lowest BCUT2D eigenvalue weighted by Gasteiger charge is -2.41. The molecule has 0 aromatic heterocycles. The number of carbonyl (C=O) groups excluding carboxylic acids is 2. The average molecular weight is 468 g/mol. The van der Waals surface area contributed by atoms with E-state index in [9.17, 15) is 9.59 Å². The van der Waals surface area contributed by atoms with Crippen LogP contribution in [0.15, 0.2) is 84.9 Å². The lowest BCUT2D eigenvalue weighted by Crippen LogP contribution is -2.53. The number of nitrogens with zero attached hydrogens (tertiary/aromatic N) is 3. The number of benzene rings is 3. The zero-order chi connectivity index (χ0) is 24.4. The van der Waals surface area contributed by atoms with Crippen LogP contribution in [0.3, 0.4) is 0 Å². The van der Waals surface area contributed by atoms with E-state index < -0.39 is 0 Å². The molecule has 0 saturated carbocycles. The minimum absolute atomic E-state index is 0.0941. The monoisotopic (exact) mass is 467 g/mol. The maximum atomic E-state index is 13.3. The van der Waals surface area contributed by atoms with Gasteiger partial charge in [0.15, 0.2) is 0 Å². The summed E-state index contributed by atoms with van der Waals surface area (Å²) in [5.41, 5.74) is 4.43. The molecule has 0 spiro atoms. The fourth-order valence-corrected chi connectivity index (χ4v) is 5.37. The topological polar surface area (TPSA) is 43.9 Å². The van der Waals surface area contributed by atoms with Crippen LogP contribution in [0.4, 0.5) is 5.69 Å². The highest BCUT2D eigenvalue weighted by atomic mass is 16.2. The molecule has 0 aliphatic carbocycles. The maximum absolute atomic E-state index is 13.3. The molecule has 3 aromatic rings. The van der Waals surface area contributed by atoms with Crippen molar-refractivity contribution < 1.29 is 9.59 Å². The van der Waals surface area contributed by atoms with E-state index in [2.05, 4.69) is 72.2 Å². The number of anilines is 1. The highest BCUT2D eigenvalue weighted by Gasteiger charge is 2.43. The average Bonchev–Trinajstić information content (AvgIpc) is 3.19. The van der Waals surface area contributed by atoms with Gasteiger partial charge in [0.05, 0.1) is 24.2 Å². The molecule has 0 bridgehead atoms. The van der Waals surface area contributed by atoms with Crippen molar-refractivity contribution in [1.82, 2.24) is 9.80 Å². The molecule has 0 radical (unpaired) electrons. The number of imide groups is 1. The Hall–Kier alpha value is -3.28. The van der Waals surface area contributed by atoms with Crippen molar-refractivity contribution in [1.29, 1.82) is 0 Å². The summed E-state index contributed by atoms with van der Waals surface area (Å²) >= 11 is 0. The molecule has 0 unspecified atom stereocenters. The van der Waals surface area contributed by atoms with Crippen molar-refractivity contribution in [2.75, 3.05) is 31.1 Å². The number of amides is 2. The number of piperazine rings is 1. The molecule has 3 aromatic carbocycles. The molecule has 5 rings (SSSR count). The van der Waals surface area contributed by atoms with Gasteiger partial charge in [-0.25, -0.2) is 4.90 Å². The van der Waals surface area contributed by atoms with Crippen LogP contribution in [-0.2, 0) is 9.59 Å². The molecule has 2 heterocycles. The van der Waals surface area contributed by atoms with Crippen molar-refractivity contribution in [3.63, 3.8) is 0 Å². The zero-order valence-corrected chi connectivity index (χ0v) is 20.5. The molecule has 2 saturated heterocycles. The second-order valence-corrected chi connectivity index (χ2v) is 9.83. The molecule has 35 heavy (non-hydrogen) atoms. The van der Waals surface area contributed by atoms with Gasteiger partial charge in [0.2, 0.25) is 5.91 Å². The summed E-state index contributed by atoms with van der Waals surface area (Å²) in [5.74, 6) is 0.211. The van der Waals surface area contributed by atoms with Crippen LogP contribution in [0.1, 0.15) is 48.9 Å². The Morgan fingerprint density at radius 1 is 0.686 bits per heavy atom. The first kappa shape index (κ1) is 23.5. The van der Waals surface area contributed by atoms with Gasteiger partial charge in [-0.2, -0.15) is 0 Å². The molecule has 2 fully saturated rings. The van der Waals surface area contributed by atoms with E-state index in [1.165, 1.54) is 21.6 Å². The van der Waals surface area contributed by atoms with Crippen molar-refractivity contribution >= 4 is 17.5 Å². The van der Waals surface area contributed by atoms with E-state index in [1.54, 1.807) is 0 Å². The molecule has 2 aliphatic rings.